The van der Waals surface area contributed by atoms with Crippen molar-refractivity contribution in [1.82, 2.24) is 4.72 Å². The van der Waals surface area contributed by atoms with E-state index in [1.54, 1.807) is 42.5 Å². The van der Waals surface area contributed by atoms with E-state index in [1.807, 2.05) is 13.8 Å². The zero-order chi connectivity index (χ0) is 25.8. The summed E-state index contributed by atoms with van der Waals surface area (Å²) in [6.07, 6.45) is -8.35. The number of benzene rings is 3. The van der Waals surface area contributed by atoms with E-state index in [0.29, 0.717) is 23.6 Å². The van der Waals surface area contributed by atoms with Crippen molar-refractivity contribution < 1.29 is 31.1 Å². The Morgan fingerprint density at radius 1 is 0.914 bits per heavy atom. The standard InChI is InChI=1S/C26H25F6NOS/c1-16(2)10-18-8-9-19(13-23(18)28)25(33-35,15-17-6-4-3-5-7-17)20-11-21(27)14-22(12-20)34-26(31,32)24(29)30/h3-9,11-14,16,24,33,35H,10,15H2,1-2H3. The van der Waals surface area contributed by atoms with Crippen LogP contribution in [0, 0.1) is 17.6 Å². The molecule has 3 aromatic carbocycles. The number of halogens is 6. The fraction of sp³-hybridized carbons (Fsp3) is 0.308. The van der Waals surface area contributed by atoms with Crippen LogP contribution < -0.4 is 9.46 Å². The first-order chi connectivity index (χ1) is 16.5. The van der Waals surface area contributed by atoms with Crippen LogP contribution in [0.2, 0.25) is 0 Å². The van der Waals surface area contributed by atoms with Crippen molar-refractivity contribution in [3.05, 3.63) is 101 Å². The summed E-state index contributed by atoms with van der Waals surface area (Å²) in [5.41, 5.74) is 0.162. The predicted octanol–water partition coefficient (Wildman–Crippen LogP) is 7.32. The highest BCUT2D eigenvalue weighted by Crippen LogP contribution is 2.38. The number of hydrogen-bond acceptors (Lipinski definition) is 3. The third kappa shape index (κ3) is 6.32. The molecule has 9 heteroatoms. The molecular weight excluding hydrogens is 488 g/mol. The molecule has 0 fully saturated rings. The summed E-state index contributed by atoms with van der Waals surface area (Å²) in [4.78, 5) is 0. The topological polar surface area (TPSA) is 21.3 Å². The molecule has 0 radical (unpaired) electrons. The summed E-state index contributed by atoms with van der Waals surface area (Å²) in [7, 11) is 0. The minimum atomic E-state index is -4.83. The maximum absolute atomic E-state index is 15.1. The highest BCUT2D eigenvalue weighted by Gasteiger charge is 2.44. The van der Waals surface area contributed by atoms with Gasteiger partial charge in [-0.1, -0.05) is 69.1 Å². The highest BCUT2D eigenvalue weighted by molar-refractivity contribution is 7.78. The lowest BCUT2D eigenvalue weighted by Crippen LogP contribution is -2.41. The summed E-state index contributed by atoms with van der Waals surface area (Å²) in [6, 6.07) is 16.1. The van der Waals surface area contributed by atoms with Crippen LogP contribution in [-0.2, 0) is 18.4 Å². The van der Waals surface area contributed by atoms with Gasteiger partial charge in [-0.25, -0.2) is 8.78 Å². The maximum atomic E-state index is 15.1. The SMILES string of the molecule is CC(C)Cc1ccc(C(Cc2ccccc2)(NS)c2cc(F)cc(OC(F)(F)C(F)F)c2)cc1F. The molecule has 188 valence electrons. The Labute approximate surface area is 205 Å². The third-order valence-electron chi connectivity index (χ3n) is 5.55. The van der Waals surface area contributed by atoms with Crippen molar-refractivity contribution in [2.75, 3.05) is 0 Å². The molecule has 0 spiro atoms. The van der Waals surface area contributed by atoms with Gasteiger partial charge in [0.25, 0.3) is 0 Å². The summed E-state index contributed by atoms with van der Waals surface area (Å²) in [5, 5.41) is 0. The Balaban J connectivity index is 2.18. The lowest BCUT2D eigenvalue weighted by atomic mass is 9.78. The molecule has 0 heterocycles. The molecule has 3 rings (SSSR count). The van der Waals surface area contributed by atoms with E-state index >= 15 is 4.39 Å². The Bertz CT molecular complexity index is 1140. The molecule has 35 heavy (non-hydrogen) atoms. The van der Waals surface area contributed by atoms with Crippen LogP contribution in [0.5, 0.6) is 5.75 Å². The number of thiol groups is 1. The predicted molar refractivity (Wildman–Crippen MR) is 126 cm³/mol. The zero-order valence-electron chi connectivity index (χ0n) is 19.0. The van der Waals surface area contributed by atoms with Crippen molar-refractivity contribution in [3.8, 4) is 5.75 Å². The van der Waals surface area contributed by atoms with Gasteiger partial charge in [0, 0.05) is 6.07 Å². The van der Waals surface area contributed by atoms with E-state index in [1.165, 1.54) is 6.07 Å². The lowest BCUT2D eigenvalue weighted by molar-refractivity contribution is -0.253. The van der Waals surface area contributed by atoms with Gasteiger partial charge in [-0.15, -0.1) is 0 Å². The second-order valence-electron chi connectivity index (χ2n) is 8.72. The maximum Gasteiger partial charge on any atom is 0.461 e. The van der Waals surface area contributed by atoms with Crippen molar-refractivity contribution in [1.29, 1.82) is 0 Å². The Kier molecular flexibility index (Phi) is 8.43. The van der Waals surface area contributed by atoms with Gasteiger partial charge in [0.05, 0.1) is 5.54 Å². The summed E-state index contributed by atoms with van der Waals surface area (Å²) >= 11 is 4.25. The molecule has 0 aliphatic rings. The van der Waals surface area contributed by atoms with Gasteiger partial charge in [-0.2, -0.15) is 17.6 Å². The largest absolute Gasteiger partial charge is 0.461 e. The highest BCUT2D eigenvalue weighted by atomic mass is 32.1. The smallest absolute Gasteiger partial charge is 0.428 e. The molecule has 3 aromatic rings. The molecule has 0 amide bonds. The summed E-state index contributed by atoms with van der Waals surface area (Å²) in [6.45, 7) is 3.90. The van der Waals surface area contributed by atoms with Gasteiger partial charge in [0.15, 0.2) is 0 Å². The van der Waals surface area contributed by atoms with Gasteiger partial charge >= 0.3 is 12.5 Å². The Morgan fingerprint density at radius 2 is 1.60 bits per heavy atom. The molecule has 0 bridgehead atoms. The van der Waals surface area contributed by atoms with Gasteiger partial charge < -0.3 is 4.74 Å². The number of rotatable bonds is 10. The monoisotopic (exact) mass is 513 g/mol. The second kappa shape index (κ2) is 11.0. The molecule has 0 aliphatic carbocycles. The summed E-state index contributed by atoms with van der Waals surface area (Å²) < 4.78 is 89.1. The van der Waals surface area contributed by atoms with Crippen molar-refractivity contribution >= 4 is 12.8 Å². The fourth-order valence-electron chi connectivity index (χ4n) is 3.93. The second-order valence-corrected chi connectivity index (χ2v) is 8.95. The van der Waals surface area contributed by atoms with E-state index in [9.17, 15) is 22.0 Å². The third-order valence-corrected chi connectivity index (χ3v) is 5.93. The van der Waals surface area contributed by atoms with Crippen LogP contribution >= 0.6 is 12.8 Å². The van der Waals surface area contributed by atoms with Gasteiger partial charge in [-0.3, -0.25) is 4.72 Å². The molecule has 0 aromatic heterocycles. The van der Waals surface area contributed by atoms with Crippen molar-refractivity contribution in [3.63, 3.8) is 0 Å². The van der Waals surface area contributed by atoms with Gasteiger partial charge in [0.1, 0.15) is 17.4 Å². The van der Waals surface area contributed by atoms with Gasteiger partial charge in [-0.05, 0) is 59.2 Å². The molecule has 1 N–H and O–H groups in total. The van der Waals surface area contributed by atoms with Crippen LogP contribution in [0.15, 0.2) is 66.7 Å². The first-order valence-electron chi connectivity index (χ1n) is 10.9. The number of nitrogens with one attached hydrogen (secondary N) is 1. The lowest BCUT2D eigenvalue weighted by Gasteiger charge is -2.35. The van der Waals surface area contributed by atoms with Crippen LogP contribution in [0.1, 0.15) is 36.1 Å². The average Bonchev–Trinajstić information content (AvgIpc) is 2.78. The van der Waals surface area contributed by atoms with Crippen molar-refractivity contribution in [2.45, 2.75) is 44.8 Å². The zero-order valence-corrected chi connectivity index (χ0v) is 19.9. The van der Waals surface area contributed by atoms with Crippen LogP contribution in [-0.4, -0.2) is 12.5 Å². The number of alkyl halides is 4. The van der Waals surface area contributed by atoms with Crippen LogP contribution in [0.4, 0.5) is 26.3 Å². The van der Waals surface area contributed by atoms with Crippen molar-refractivity contribution in [2.24, 2.45) is 5.92 Å². The Morgan fingerprint density at radius 3 is 2.17 bits per heavy atom. The summed E-state index contributed by atoms with van der Waals surface area (Å²) in [5.74, 6) is -2.09. The van der Waals surface area contributed by atoms with E-state index in [2.05, 4.69) is 22.3 Å². The molecule has 0 saturated heterocycles. The minimum absolute atomic E-state index is 0.0347. The first-order valence-corrected chi connectivity index (χ1v) is 11.3. The number of ether oxygens (including phenoxy) is 1. The number of hydrogen-bond donors (Lipinski definition) is 2. The fourth-order valence-corrected chi connectivity index (χ4v) is 4.27. The minimum Gasteiger partial charge on any atom is -0.428 e. The van der Waals surface area contributed by atoms with E-state index in [4.69, 9.17) is 0 Å². The molecular formula is C26H25F6NOS. The molecule has 1 unspecified atom stereocenters. The van der Waals surface area contributed by atoms with Crippen LogP contribution in [0.3, 0.4) is 0 Å². The molecule has 2 nitrogen and oxygen atoms in total. The molecule has 0 saturated carbocycles. The molecule has 1 atom stereocenters. The molecule has 0 aliphatic heterocycles. The first kappa shape index (κ1) is 26.9. The van der Waals surface area contributed by atoms with Gasteiger partial charge in [0.2, 0.25) is 0 Å². The van der Waals surface area contributed by atoms with E-state index in [-0.39, 0.29) is 17.9 Å². The van der Waals surface area contributed by atoms with Crippen LogP contribution in [0.25, 0.3) is 0 Å². The van der Waals surface area contributed by atoms with E-state index in [0.717, 1.165) is 17.7 Å². The quantitative estimate of drug-likeness (QED) is 0.219. The average molecular weight is 514 g/mol. The Hall–Kier alpha value is -2.65. The van der Waals surface area contributed by atoms with E-state index < -0.39 is 35.5 Å². The normalized spacial score (nSPS) is 13.8.